The second kappa shape index (κ2) is 8.16. The Morgan fingerprint density at radius 1 is 1.37 bits per heavy atom. The van der Waals surface area contributed by atoms with E-state index in [-0.39, 0.29) is 24.0 Å². The van der Waals surface area contributed by atoms with E-state index < -0.39 is 16.4 Å². The Morgan fingerprint density at radius 2 is 2.20 bits per heavy atom. The second-order valence-corrected chi connectivity index (χ2v) is 8.63. The molecule has 1 fully saturated rings. The molecule has 1 atom stereocenters. The third-order valence-electron chi connectivity index (χ3n) is 4.58. The number of fused-ring (bicyclic) bond motifs is 1. The number of morpholine rings is 1. The monoisotopic (exact) mass is 439 g/mol. The molecule has 1 saturated heterocycles. The molecule has 3 aromatic heterocycles. The van der Waals surface area contributed by atoms with Crippen molar-refractivity contribution in [2.45, 2.75) is 12.5 Å². The lowest BCUT2D eigenvalue weighted by Gasteiger charge is -2.33. The Balaban J connectivity index is 1.59. The molecule has 1 aliphatic heterocycles. The molecule has 3 aromatic rings. The number of alkyl halides is 2. The first-order valence-corrected chi connectivity index (χ1v) is 11.0. The van der Waals surface area contributed by atoms with Crippen molar-refractivity contribution in [1.29, 1.82) is 0 Å². The van der Waals surface area contributed by atoms with E-state index in [0.717, 1.165) is 6.26 Å². The van der Waals surface area contributed by atoms with Crippen LogP contribution in [0.2, 0.25) is 0 Å². The van der Waals surface area contributed by atoms with E-state index >= 15 is 0 Å². The van der Waals surface area contributed by atoms with Gasteiger partial charge in [0.05, 0.1) is 36.4 Å². The third kappa shape index (κ3) is 4.52. The summed E-state index contributed by atoms with van der Waals surface area (Å²) < 4.78 is 58.2. The number of rotatable bonds is 6. The van der Waals surface area contributed by atoms with Crippen LogP contribution in [0.1, 0.15) is 12.1 Å². The maximum absolute atomic E-state index is 13.0. The smallest absolute Gasteiger partial charge is 0.280 e. The zero-order valence-corrected chi connectivity index (χ0v) is 16.8. The van der Waals surface area contributed by atoms with Crippen LogP contribution in [-0.2, 0) is 14.8 Å². The van der Waals surface area contributed by atoms with Gasteiger partial charge in [0.2, 0.25) is 10.0 Å². The maximum Gasteiger partial charge on any atom is 0.280 e. The minimum absolute atomic E-state index is 0.154. The predicted molar refractivity (Wildman–Crippen MR) is 104 cm³/mol. The van der Waals surface area contributed by atoms with Gasteiger partial charge < -0.3 is 9.64 Å². The number of nitrogens with one attached hydrogen (secondary N) is 1. The summed E-state index contributed by atoms with van der Waals surface area (Å²) in [6, 6.07) is 2.94. The Morgan fingerprint density at radius 3 is 2.97 bits per heavy atom. The molecule has 0 unspecified atom stereocenters. The number of sulfonamides is 1. The minimum atomic E-state index is -3.32. The summed E-state index contributed by atoms with van der Waals surface area (Å²) in [7, 11) is -3.32. The predicted octanol–water partition coefficient (Wildman–Crippen LogP) is 0.878. The highest BCUT2D eigenvalue weighted by molar-refractivity contribution is 7.88. The lowest BCUT2D eigenvalue weighted by atomic mass is 10.2. The molecule has 0 amide bonds. The fourth-order valence-electron chi connectivity index (χ4n) is 3.15. The van der Waals surface area contributed by atoms with Crippen molar-refractivity contribution >= 4 is 21.5 Å². The second-order valence-electron chi connectivity index (χ2n) is 6.80. The van der Waals surface area contributed by atoms with E-state index in [2.05, 4.69) is 24.8 Å². The van der Waals surface area contributed by atoms with Gasteiger partial charge in [0.1, 0.15) is 17.8 Å². The highest BCUT2D eigenvalue weighted by atomic mass is 32.2. The third-order valence-corrected chi connectivity index (χ3v) is 5.27. The number of aromatic nitrogens is 5. The summed E-state index contributed by atoms with van der Waals surface area (Å²) in [4.78, 5) is 14.5. The van der Waals surface area contributed by atoms with Crippen molar-refractivity contribution in [3.05, 3.63) is 36.5 Å². The van der Waals surface area contributed by atoms with Crippen LogP contribution in [0.3, 0.4) is 0 Å². The van der Waals surface area contributed by atoms with E-state index in [1.807, 2.05) is 4.90 Å². The average molecular weight is 439 g/mol. The largest absolute Gasteiger partial charge is 0.373 e. The Hall–Kier alpha value is -2.77. The molecular weight excluding hydrogens is 420 g/mol. The van der Waals surface area contributed by atoms with Crippen molar-refractivity contribution in [2.24, 2.45) is 0 Å². The normalized spacial score (nSPS) is 17.7. The van der Waals surface area contributed by atoms with Gasteiger partial charge in [0.15, 0.2) is 5.65 Å². The van der Waals surface area contributed by atoms with Gasteiger partial charge in [-0.05, 0) is 6.07 Å². The standard InChI is InChI=1S/C17H19F2N7O3S/c1-30(27,28)23-7-11-9-25(4-5-29-11)15-6-14(20-10-21-15)12-8-22-26-3-2-13(16(18)19)24-17(12)26/h2-3,6,8,10-11,16,23H,4-5,7,9H2,1H3/t11-/m1/s1. The molecule has 4 heterocycles. The van der Waals surface area contributed by atoms with Gasteiger partial charge in [-0.1, -0.05) is 0 Å². The van der Waals surface area contributed by atoms with Gasteiger partial charge in [0.25, 0.3) is 6.43 Å². The first-order chi connectivity index (χ1) is 14.3. The van der Waals surface area contributed by atoms with Crippen LogP contribution >= 0.6 is 0 Å². The van der Waals surface area contributed by atoms with Crippen LogP contribution in [0.15, 0.2) is 30.9 Å². The lowest BCUT2D eigenvalue weighted by molar-refractivity contribution is 0.0440. The van der Waals surface area contributed by atoms with Gasteiger partial charge in [-0.25, -0.2) is 41.4 Å². The topological polar surface area (TPSA) is 115 Å². The first kappa shape index (κ1) is 20.5. The Labute approximate surface area is 171 Å². The molecule has 4 rings (SSSR count). The number of nitrogens with zero attached hydrogens (tertiary/aromatic N) is 6. The number of hydrogen-bond donors (Lipinski definition) is 1. The van der Waals surface area contributed by atoms with E-state index in [9.17, 15) is 17.2 Å². The van der Waals surface area contributed by atoms with Crippen LogP contribution < -0.4 is 9.62 Å². The molecule has 0 spiro atoms. The molecule has 1 N–H and O–H groups in total. The van der Waals surface area contributed by atoms with E-state index in [4.69, 9.17) is 4.74 Å². The van der Waals surface area contributed by atoms with Gasteiger partial charge >= 0.3 is 0 Å². The molecule has 1 aliphatic rings. The molecule has 0 aliphatic carbocycles. The van der Waals surface area contributed by atoms with Gasteiger partial charge in [0, 0.05) is 31.9 Å². The molecular formula is C17H19F2N7O3S. The summed E-state index contributed by atoms with van der Waals surface area (Å²) in [5.74, 6) is 0.608. The van der Waals surface area contributed by atoms with Crippen LogP contribution in [0.4, 0.5) is 14.6 Å². The fourth-order valence-corrected chi connectivity index (χ4v) is 3.64. The number of ether oxygens (including phenoxy) is 1. The minimum Gasteiger partial charge on any atom is -0.373 e. The summed E-state index contributed by atoms with van der Waals surface area (Å²) >= 11 is 0. The number of halogens is 2. The van der Waals surface area contributed by atoms with Gasteiger partial charge in [-0.15, -0.1) is 0 Å². The Kier molecular flexibility index (Phi) is 5.58. The van der Waals surface area contributed by atoms with Crippen LogP contribution in [0.25, 0.3) is 16.9 Å². The molecule has 0 aromatic carbocycles. The number of hydrogen-bond acceptors (Lipinski definition) is 8. The highest BCUT2D eigenvalue weighted by Crippen LogP contribution is 2.26. The van der Waals surface area contributed by atoms with Gasteiger partial charge in [-0.2, -0.15) is 5.10 Å². The first-order valence-electron chi connectivity index (χ1n) is 9.06. The molecule has 30 heavy (non-hydrogen) atoms. The summed E-state index contributed by atoms with van der Waals surface area (Å²) in [6.07, 6.45) is 2.39. The molecule has 0 saturated carbocycles. The van der Waals surface area contributed by atoms with Crippen molar-refractivity contribution in [1.82, 2.24) is 29.3 Å². The number of anilines is 1. The molecule has 10 nitrogen and oxygen atoms in total. The van der Waals surface area contributed by atoms with E-state index in [1.54, 1.807) is 6.07 Å². The quantitative estimate of drug-likeness (QED) is 0.602. The zero-order valence-electron chi connectivity index (χ0n) is 15.9. The van der Waals surface area contributed by atoms with Crippen LogP contribution in [-0.4, -0.2) is 71.6 Å². The molecule has 0 radical (unpaired) electrons. The highest BCUT2D eigenvalue weighted by Gasteiger charge is 2.23. The summed E-state index contributed by atoms with van der Waals surface area (Å²) in [5, 5.41) is 4.15. The van der Waals surface area contributed by atoms with Crippen molar-refractivity contribution in [3.8, 4) is 11.3 Å². The molecule has 160 valence electrons. The van der Waals surface area contributed by atoms with Crippen molar-refractivity contribution in [2.75, 3.05) is 37.4 Å². The van der Waals surface area contributed by atoms with Crippen LogP contribution in [0, 0.1) is 0 Å². The van der Waals surface area contributed by atoms with Crippen LogP contribution in [0.5, 0.6) is 0 Å². The Bertz CT molecular complexity index is 1160. The van der Waals surface area contributed by atoms with E-state index in [1.165, 1.54) is 29.3 Å². The SMILES string of the molecule is CS(=O)(=O)NC[C@@H]1CN(c2cc(-c3cnn4ccc(C(F)F)nc34)ncn2)CCO1. The molecule has 0 bridgehead atoms. The fraction of sp³-hybridized carbons (Fsp3) is 0.412. The maximum atomic E-state index is 13.0. The lowest BCUT2D eigenvalue weighted by Crippen LogP contribution is -2.47. The summed E-state index contributed by atoms with van der Waals surface area (Å²) in [5.41, 5.74) is 0.929. The molecule has 13 heteroatoms. The summed E-state index contributed by atoms with van der Waals surface area (Å²) in [6.45, 7) is 1.56. The van der Waals surface area contributed by atoms with Crippen molar-refractivity contribution < 1.29 is 21.9 Å². The van der Waals surface area contributed by atoms with E-state index in [0.29, 0.717) is 36.8 Å². The zero-order chi connectivity index (χ0) is 21.3. The average Bonchev–Trinajstić information content (AvgIpc) is 3.15. The van der Waals surface area contributed by atoms with Crippen molar-refractivity contribution in [3.63, 3.8) is 0 Å². The van der Waals surface area contributed by atoms with Gasteiger partial charge in [-0.3, -0.25) is 0 Å².